The van der Waals surface area contributed by atoms with Crippen LogP contribution in [0.15, 0.2) is 53.1 Å². The Kier molecular flexibility index (Phi) is 4.68. The SMILES string of the molecule is CCC(C(=O)Nc1cc(Br)ccn1)c1ccccc1. The van der Waals surface area contributed by atoms with Crippen molar-refractivity contribution in [1.82, 2.24) is 4.98 Å². The van der Waals surface area contributed by atoms with E-state index in [-0.39, 0.29) is 11.8 Å². The summed E-state index contributed by atoms with van der Waals surface area (Å²) in [5.41, 5.74) is 1.03. The molecule has 0 aliphatic carbocycles. The van der Waals surface area contributed by atoms with Gasteiger partial charge < -0.3 is 5.32 Å². The van der Waals surface area contributed by atoms with Gasteiger partial charge in [0, 0.05) is 10.7 Å². The van der Waals surface area contributed by atoms with E-state index in [1.165, 1.54) is 0 Å². The fourth-order valence-corrected chi connectivity index (χ4v) is 2.28. The van der Waals surface area contributed by atoms with Crippen molar-refractivity contribution in [3.63, 3.8) is 0 Å². The summed E-state index contributed by atoms with van der Waals surface area (Å²) < 4.78 is 0.894. The summed E-state index contributed by atoms with van der Waals surface area (Å²) in [5, 5.41) is 2.85. The molecule has 0 saturated carbocycles. The fraction of sp³-hybridized carbons (Fsp3) is 0.200. The zero-order valence-electron chi connectivity index (χ0n) is 10.6. The number of nitrogens with zero attached hydrogens (tertiary/aromatic N) is 1. The van der Waals surface area contributed by atoms with Crippen molar-refractivity contribution >= 4 is 27.7 Å². The number of carbonyl (C=O) groups is 1. The van der Waals surface area contributed by atoms with Crippen LogP contribution in [0.2, 0.25) is 0 Å². The molecule has 1 aromatic heterocycles. The van der Waals surface area contributed by atoms with Gasteiger partial charge in [-0.3, -0.25) is 4.79 Å². The van der Waals surface area contributed by atoms with Crippen LogP contribution in [-0.2, 0) is 4.79 Å². The molecular weight excluding hydrogens is 304 g/mol. The van der Waals surface area contributed by atoms with Gasteiger partial charge in [0.15, 0.2) is 0 Å². The first-order valence-electron chi connectivity index (χ1n) is 6.18. The highest BCUT2D eigenvalue weighted by Crippen LogP contribution is 2.21. The molecule has 1 aromatic carbocycles. The van der Waals surface area contributed by atoms with Crippen molar-refractivity contribution in [2.75, 3.05) is 5.32 Å². The third-order valence-electron chi connectivity index (χ3n) is 2.90. The van der Waals surface area contributed by atoms with E-state index in [0.29, 0.717) is 5.82 Å². The van der Waals surface area contributed by atoms with Gasteiger partial charge in [0.05, 0.1) is 5.92 Å². The lowest BCUT2D eigenvalue weighted by Crippen LogP contribution is -2.21. The van der Waals surface area contributed by atoms with Gasteiger partial charge in [0.1, 0.15) is 5.82 Å². The molecule has 1 atom stereocenters. The van der Waals surface area contributed by atoms with E-state index in [0.717, 1.165) is 16.5 Å². The Morgan fingerprint density at radius 1 is 1.32 bits per heavy atom. The Morgan fingerprint density at radius 2 is 2.05 bits per heavy atom. The molecule has 3 nitrogen and oxygen atoms in total. The lowest BCUT2D eigenvalue weighted by Gasteiger charge is -2.15. The molecule has 0 aliphatic rings. The molecule has 2 aromatic rings. The van der Waals surface area contributed by atoms with E-state index >= 15 is 0 Å². The molecule has 98 valence electrons. The van der Waals surface area contributed by atoms with Crippen LogP contribution in [0.3, 0.4) is 0 Å². The van der Waals surface area contributed by atoms with Crippen molar-refractivity contribution in [3.05, 3.63) is 58.7 Å². The van der Waals surface area contributed by atoms with E-state index in [2.05, 4.69) is 26.2 Å². The van der Waals surface area contributed by atoms with Gasteiger partial charge in [0.25, 0.3) is 0 Å². The molecule has 0 spiro atoms. The van der Waals surface area contributed by atoms with Crippen LogP contribution >= 0.6 is 15.9 Å². The monoisotopic (exact) mass is 318 g/mol. The molecular formula is C15H15BrN2O. The van der Waals surface area contributed by atoms with Gasteiger partial charge in [-0.15, -0.1) is 0 Å². The number of amides is 1. The molecule has 1 amide bonds. The Morgan fingerprint density at radius 3 is 2.68 bits per heavy atom. The van der Waals surface area contributed by atoms with Gasteiger partial charge >= 0.3 is 0 Å². The van der Waals surface area contributed by atoms with Crippen LogP contribution in [0.25, 0.3) is 0 Å². The second-order valence-corrected chi connectivity index (χ2v) is 5.14. The highest BCUT2D eigenvalue weighted by Gasteiger charge is 2.18. The second-order valence-electron chi connectivity index (χ2n) is 4.22. The van der Waals surface area contributed by atoms with Crippen LogP contribution in [0.1, 0.15) is 24.8 Å². The van der Waals surface area contributed by atoms with E-state index < -0.39 is 0 Å². The second kappa shape index (κ2) is 6.48. The van der Waals surface area contributed by atoms with Crippen LogP contribution in [-0.4, -0.2) is 10.9 Å². The summed E-state index contributed by atoms with van der Waals surface area (Å²) in [4.78, 5) is 16.4. The predicted octanol–water partition coefficient (Wildman–Crippen LogP) is 3.98. The van der Waals surface area contributed by atoms with Crippen LogP contribution in [0.5, 0.6) is 0 Å². The third kappa shape index (κ3) is 3.64. The van der Waals surface area contributed by atoms with Crippen molar-refractivity contribution in [3.8, 4) is 0 Å². The van der Waals surface area contributed by atoms with Crippen LogP contribution in [0, 0.1) is 0 Å². The maximum Gasteiger partial charge on any atom is 0.233 e. The first-order valence-corrected chi connectivity index (χ1v) is 6.97. The first-order chi connectivity index (χ1) is 9.20. The molecule has 1 unspecified atom stereocenters. The maximum atomic E-state index is 12.3. The number of benzene rings is 1. The van der Waals surface area contributed by atoms with Gasteiger partial charge in [-0.2, -0.15) is 0 Å². The zero-order chi connectivity index (χ0) is 13.7. The average Bonchev–Trinajstić information content (AvgIpc) is 2.41. The lowest BCUT2D eigenvalue weighted by molar-refractivity contribution is -0.117. The van der Waals surface area contributed by atoms with Gasteiger partial charge in [-0.25, -0.2) is 4.98 Å². The molecule has 4 heteroatoms. The first kappa shape index (κ1) is 13.7. The number of nitrogens with one attached hydrogen (secondary N) is 1. The largest absolute Gasteiger partial charge is 0.310 e. The normalized spacial score (nSPS) is 11.9. The van der Waals surface area contributed by atoms with E-state index in [4.69, 9.17) is 0 Å². The topological polar surface area (TPSA) is 42.0 Å². The number of pyridine rings is 1. The van der Waals surface area contributed by atoms with E-state index in [1.54, 1.807) is 12.3 Å². The molecule has 0 fully saturated rings. The Bertz CT molecular complexity index is 557. The van der Waals surface area contributed by atoms with Crippen LogP contribution in [0.4, 0.5) is 5.82 Å². The zero-order valence-corrected chi connectivity index (χ0v) is 12.2. The fourth-order valence-electron chi connectivity index (χ4n) is 1.94. The van der Waals surface area contributed by atoms with E-state index in [1.807, 2.05) is 43.3 Å². The smallest absolute Gasteiger partial charge is 0.233 e. The van der Waals surface area contributed by atoms with Crippen molar-refractivity contribution in [1.29, 1.82) is 0 Å². The Labute approximate surface area is 121 Å². The minimum absolute atomic E-state index is 0.0284. The predicted molar refractivity (Wildman–Crippen MR) is 80.0 cm³/mol. The average molecular weight is 319 g/mol. The van der Waals surface area contributed by atoms with Gasteiger partial charge in [0.2, 0.25) is 5.91 Å². The summed E-state index contributed by atoms with van der Waals surface area (Å²) in [6.07, 6.45) is 2.41. The summed E-state index contributed by atoms with van der Waals surface area (Å²) in [5.74, 6) is 0.384. The molecule has 1 heterocycles. The molecule has 1 N–H and O–H groups in total. The molecule has 19 heavy (non-hydrogen) atoms. The van der Waals surface area contributed by atoms with Crippen molar-refractivity contribution in [2.24, 2.45) is 0 Å². The standard InChI is InChI=1S/C15H15BrN2O/c1-2-13(11-6-4-3-5-7-11)15(19)18-14-10-12(16)8-9-17-14/h3-10,13H,2H2,1H3,(H,17,18,19). The van der Waals surface area contributed by atoms with Crippen LogP contribution < -0.4 is 5.32 Å². The van der Waals surface area contributed by atoms with Gasteiger partial charge in [-0.1, -0.05) is 53.2 Å². The quantitative estimate of drug-likeness (QED) is 0.926. The molecule has 2 rings (SSSR count). The number of rotatable bonds is 4. The number of carbonyl (C=O) groups excluding carboxylic acids is 1. The summed E-state index contributed by atoms with van der Waals surface area (Å²) in [6.45, 7) is 2.01. The number of hydrogen-bond donors (Lipinski definition) is 1. The molecule has 0 radical (unpaired) electrons. The molecule has 0 bridgehead atoms. The Hall–Kier alpha value is -1.68. The van der Waals surface area contributed by atoms with Crippen molar-refractivity contribution < 1.29 is 4.79 Å². The number of aromatic nitrogens is 1. The highest BCUT2D eigenvalue weighted by molar-refractivity contribution is 9.10. The Balaban J connectivity index is 2.14. The minimum Gasteiger partial charge on any atom is -0.310 e. The third-order valence-corrected chi connectivity index (χ3v) is 3.39. The van der Waals surface area contributed by atoms with E-state index in [9.17, 15) is 4.79 Å². The summed E-state index contributed by atoms with van der Waals surface area (Å²) >= 11 is 3.36. The van der Waals surface area contributed by atoms with Crippen molar-refractivity contribution in [2.45, 2.75) is 19.3 Å². The number of hydrogen-bond acceptors (Lipinski definition) is 2. The number of halogens is 1. The number of anilines is 1. The molecule has 0 saturated heterocycles. The van der Waals surface area contributed by atoms with Gasteiger partial charge in [-0.05, 0) is 24.1 Å². The minimum atomic E-state index is -0.151. The maximum absolute atomic E-state index is 12.3. The lowest BCUT2D eigenvalue weighted by atomic mass is 9.96. The summed E-state index contributed by atoms with van der Waals surface area (Å²) in [6, 6.07) is 13.4. The molecule has 0 aliphatic heterocycles. The highest BCUT2D eigenvalue weighted by atomic mass is 79.9. The summed E-state index contributed by atoms with van der Waals surface area (Å²) in [7, 11) is 0.